The van der Waals surface area contributed by atoms with E-state index in [9.17, 15) is 14.4 Å². The van der Waals surface area contributed by atoms with Crippen molar-refractivity contribution < 1.29 is 14.4 Å². The Kier molecular flexibility index (Phi) is 7.76. The maximum Gasteiger partial charge on any atom is 0.238 e. The first kappa shape index (κ1) is 22.2. The van der Waals surface area contributed by atoms with Gasteiger partial charge >= 0.3 is 0 Å². The van der Waals surface area contributed by atoms with Crippen molar-refractivity contribution in [1.82, 2.24) is 9.80 Å². The number of aryl methyl sites for hydroxylation is 2. The third-order valence-electron chi connectivity index (χ3n) is 5.35. The van der Waals surface area contributed by atoms with E-state index in [0.717, 1.165) is 27.4 Å². The SMILES string of the molecule is CCc1ccccc1NC(=O)CN1CCN(C(=O)CCC(=O)c2ccc(C)s2)CC1. The molecule has 6 nitrogen and oxygen atoms in total. The smallest absolute Gasteiger partial charge is 0.238 e. The number of nitrogens with one attached hydrogen (secondary N) is 1. The Morgan fingerprint density at radius 3 is 2.40 bits per heavy atom. The van der Waals surface area contributed by atoms with Crippen LogP contribution in [0.1, 0.15) is 39.9 Å². The normalized spacial score (nSPS) is 14.5. The molecular formula is C23H29N3O3S. The van der Waals surface area contributed by atoms with Gasteiger partial charge in [0.2, 0.25) is 11.8 Å². The summed E-state index contributed by atoms with van der Waals surface area (Å²) in [6.07, 6.45) is 1.36. The van der Waals surface area contributed by atoms with Gasteiger partial charge in [0, 0.05) is 49.6 Å². The molecule has 160 valence electrons. The number of amides is 2. The maximum absolute atomic E-state index is 12.5. The first-order valence-corrected chi connectivity index (χ1v) is 11.3. The average Bonchev–Trinajstić information content (AvgIpc) is 3.19. The largest absolute Gasteiger partial charge is 0.340 e. The molecule has 2 heterocycles. The number of para-hydroxylation sites is 1. The Morgan fingerprint density at radius 1 is 1.00 bits per heavy atom. The van der Waals surface area contributed by atoms with Crippen LogP contribution in [0.5, 0.6) is 0 Å². The minimum Gasteiger partial charge on any atom is -0.340 e. The second kappa shape index (κ2) is 10.5. The average molecular weight is 428 g/mol. The fourth-order valence-corrected chi connectivity index (χ4v) is 4.42. The molecule has 0 radical (unpaired) electrons. The minimum absolute atomic E-state index is 0.0117. The van der Waals surface area contributed by atoms with Crippen LogP contribution in [0.25, 0.3) is 0 Å². The Balaban J connectivity index is 1.40. The number of thiophene rings is 1. The zero-order chi connectivity index (χ0) is 21.5. The summed E-state index contributed by atoms with van der Waals surface area (Å²) in [5, 5.41) is 3.00. The van der Waals surface area contributed by atoms with E-state index >= 15 is 0 Å². The number of hydrogen-bond acceptors (Lipinski definition) is 5. The first-order valence-electron chi connectivity index (χ1n) is 10.4. The molecule has 0 spiro atoms. The molecule has 0 bridgehead atoms. The third-order valence-corrected chi connectivity index (χ3v) is 6.39. The molecule has 1 fully saturated rings. The molecular weight excluding hydrogens is 398 g/mol. The van der Waals surface area contributed by atoms with Gasteiger partial charge in [0.05, 0.1) is 11.4 Å². The van der Waals surface area contributed by atoms with Gasteiger partial charge in [-0.25, -0.2) is 0 Å². The summed E-state index contributed by atoms with van der Waals surface area (Å²) >= 11 is 1.47. The fraction of sp³-hybridized carbons (Fsp3) is 0.435. The molecule has 1 aromatic carbocycles. The Morgan fingerprint density at radius 2 is 1.73 bits per heavy atom. The topological polar surface area (TPSA) is 69.7 Å². The molecule has 0 unspecified atom stereocenters. The Labute approximate surface area is 181 Å². The number of piperazine rings is 1. The van der Waals surface area contributed by atoms with Crippen LogP contribution in [0.15, 0.2) is 36.4 Å². The van der Waals surface area contributed by atoms with Crippen LogP contribution in [-0.4, -0.2) is 60.1 Å². The van der Waals surface area contributed by atoms with E-state index in [1.807, 2.05) is 43.3 Å². The number of benzene rings is 1. The Hall–Kier alpha value is -2.51. The second-order valence-electron chi connectivity index (χ2n) is 7.55. The van der Waals surface area contributed by atoms with Crippen LogP contribution in [0.3, 0.4) is 0 Å². The van der Waals surface area contributed by atoms with Crippen molar-refractivity contribution in [3.05, 3.63) is 51.7 Å². The number of nitrogens with zero attached hydrogens (tertiary/aromatic N) is 2. The highest BCUT2D eigenvalue weighted by Gasteiger charge is 2.23. The zero-order valence-corrected chi connectivity index (χ0v) is 18.5. The van der Waals surface area contributed by atoms with Gasteiger partial charge in [0.25, 0.3) is 0 Å². The molecule has 0 saturated carbocycles. The van der Waals surface area contributed by atoms with Gasteiger partial charge in [-0.05, 0) is 37.1 Å². The van der Waals surface area contributed by atoms with E-state index in [1.165, 1.54) is 11.3 Å². The lowest BCUT2D eigenvalue weighted by atomic mass is 10.1. The molecule has 30 heavy (non-hydrogen) atoms. The van der Waals surface area contributed by atoms with Crippen molar-refractivity contribution in [3.63, 3.8) is 0 Å². The highest BCUT2D eigenvalue weighted by Crippen LogP contribution is 2.18. The van der Waals surface area contributed by atoms with Crippen LogP contribution in [0, 0.1) is 6.92 Å². The van der Waals surface area contributed by atoms with Crippen LogP contribution in [0.2, 0.25) is 0 Å². The molecule has 1 aliphatic heterocycles. The molecule has 2 amide bonds. The predicted octanol–water partition coefficient (Wildman–Crippen LogP) is 3.36. The van der Waals surface area contributed by atoms with Crippen LogP contribution >= 0.6 is 11.3 Å². The molecule has 3 rings (SSSR count). The van der Waals surface area contributed by atoms with Gasteiger partial charge in [-0.3, -0.25) is 19.3 Å². The highest BCUT2D eigenvalue weighted by atomic mass is 32.1. The first-order chi connectivity index (χ1) is 14.5. The third kappa shape index (κ3) is 6.00. The van der Waals surface area contributed by atoms with Crippen LogP contribution in [0.4, 0.5) is 5.69 Å². The number of carbonyl (C=O) groups is 3. The van der Waals surface area contributed by atoms with Crippen LogP contribution < -0.4 is 5.32 Å². The van der Waals surface area contributed by atoms with E-state index in [2.05, 4.69) is 17.1 Å². The van der Waals surface area contributed by atoms with Gasteiger partial charge in [-0.1, -0.05) is 25.1 Å². The molecule has 1 aliphatic rings. The van der Waals surface area contributed by atoms with Crippen molar-refractivity contribution in [1.29, 1.82) is 0 Å². The number of ketones is 1. The lowest BCUT2D eigenvalue weighted by Crippen LogP contribution is -2.50. The van der Waals surface area contributed by atoms with Crippen molar-refractivity contribution in [3.8, 4) is 0 Å². The molecule has 1 saturated heterocycles. The summed E-state index contributed by atoms with van der Waals surface area (Å²) in [5.74, 6) is 0.00855. The van der Waals surface area contributed by atoms with Crippen LogP contribution in [-0.2, 0) is 16.0 Å². The number of hydrogen-bond donors (Lipinski definition) is 1. The van der Waals surface area contributed by atoms with E-state index in [-0.39, 0.29) is 30.4 Å². The summed E-state index contributed by atoms with van der Waals surface area (Å²) < 4.78 is 0. The second-order valence-corrected chi connectivity index (χ2v) is 8.84. The summed E-state index contributed by atoms with van der Waals surface area (Å²) in [7, 11) is 0. The van der Waals surface area contributed by atoms with Crippen molar-refractivity contribution in [2.75, 3.05) is 38.0 Å². The summed E-state index contributed by atoms with van der Waals surface area (Å²) in [6.45, 7) is 6.84. The predicted molar refractivity (Wildman–Crippen MR) is 120 cm³/mol. The fourth-order valence-electron chi connectivity index (χ4n) is 3.58. The zero-order valence-electron chi connectivity index (χ0n) is 17.6. The summed E-state index contributed by atoms with van der Waals surface area (Å²) in [4.78, 5) is 42.8. The van der Waals surface area contributed by atoms with E-state index in [0.29, 0.717) is 32.7 Å². The van der Waals surface area contributed by atoms with E-state index in [1.54, 1.807) is 4.90 Å². The Bertz CT molecular complexity index is 901. The quantitative estimate of drug-likeness (QED) is 0.656. The van der Waals surface area contributed by atoms with E-state index < -0.39 is 0 Å². The number of Topliss-reactive ketones (excluding diaryl/α,β-unsaturated/α-hetero) is 1. The highest BCUT2D eigenvalue weighted by molar-refractivity contribution is 7.14. The van der Waals surface area contributed by atoms with Gasteiger partial charge in [-0.2, -0.15) is 0 Å². The monoisotopic (exact) mass is 427 g/mol. The molecule has 1 N–H and O–H groups in total. The lowest BCUT2D eigenvalue weighted by molar-refractivity contribution is -0.133. The van der Waals surface area contributed by atoms with Crippen molar-refractivity contribution >= 4 is 34.6 Å². The van der Waals surface area contributed by atoms with Crippen molar-refractivity contribution in [2.45, 2.75) is 33.1 Å². The number of anilines is 1. The molecule has 1 aromatic heterocycles. The molecule has 7 heteroatoms. The lowest BCUT2D eigenvalue weighted by Gasteiger charge is -2.34. The molecule has 0 aliphatic carbocycles. The maximum atomic E-state index is 12.5. The minimum atomic E-state index is -0.0347. The summed E-state index contributed by atoms with van der Waals surface area (Å²) in [5.41, 5.74) is 1.98. The van der Waals surface area contributed by atoms with Gasteiger partial charge < -0.3 is 10.2 Å². The standard InChI is InChI=1S/C23H29N3O3S/c1-3-18-6-4-5-7-19(18)24-22(28)16-25-12-14-26(15-13-25)23(29)11-9-20(27)21-10-8-17(2)30-21/h4-8,10H,3,9,11-16H2,1-2H3,(H,24,28). The molecule has 2 aromatic rings. The van der Waals surface area contributed by atoms with Crippen molar-refractivity contribution in [2.24, 2.45) is 0 Å². The van der Waals surface area contributed by atoms with Gasteiger partial charge in [-0.15, -0.1) is 11.3 Å². The van der Waals surface area contributed by atoms with E-state index in [4.69, 9.17) is 0 Å². The van der Waals surface area contributed by atoms with Gasteiger partial charge in [0.15, 0.2) is 5.78 Å². The number of carbonyl (C=O) groups excluding carboxylic acids is 3. The van der Waals surface area contributed by atoms with Gasteiger partial charge in [0.1, 0.15) is 0 Å². The summed E-state index contributed by atoms with van der Waals surface area (Å²) in [6, 6.07) is 11.6. The molecule has 0 atom stereocenters. The number of rotatable bonds is 8.